The molecule has 0 bridgehead atoms. The largest absolute Gasteiger partial charge is 0.357 e. The van der Waals surface area contributed by atoms with Crippen LogP contribution in [-0.4, -0.2) is 40.4 Å². The first-order chi connectivity index (χ1) is 16.0. The van der Waals surface area contributed by atoms with Crippen LogP contribution in [0.5, 0.6) is 0 Å². The molecule has 0 spiro atoms. The number of nitrogens with zero attached hydrogens (tertiary/aromatic N) is 4. The van der Waals surface area contributed by atoms with Crippen molar-refractivity contribution in [2.24, 2.45) is 0 Å². The molecule has 4 aromatic rings. The van der Waals surface area contributed by atoms with Crippen molar-refractivity contribution in [2.45, 2.75) is 32.9 Å². The lowest BCUT2D eigenvalue weighted by atomic mass is 10.0. The molecule has 5 nitrogen and oxygen atoms in total. The maximum atomic E-state index is 13.6. The summed E-state index contributed by atoms with van der Waals surface area (Å²) in [6.45, 7) is 5.46. The number of hydrogen-bond acceptors (Lipinski definition) is 4. The SMILES string of the molecule is CC(C)N(C)c1nc(-c2ccccc2)nc2c1CN(C(=O)c1cccc3ccccc13)CC2. The van der Waals surface area contributed by atoms with E-state index in [4.69, 9.17) is 9.97 Å². The summed E-state index contributed by atoms with van der Waals surface area (Å²) in [6.07, 6.45) is 0.715. The van der Waals surface area contributed by atoms with Crippen molar-refractivity contribution < 1.29 is 4.79 Å². The number of fused-ring (bicyclic) bond motifs is 2. The second kappa shape index (κ2) is 8.66. The fraction of sp³-hybridized carbons (Fsp3) is 0.250. The van der Waals surface area contributed by atoms with E-state index in [9.17, 15) is 4.79 Å². The van der Waals surface area contributed by atoms with Crippen LogP contribution in [0.1, 0.15) is 35.5 Å². The Bertz CT molecular complexity index is 1310. The highest BCUT2D eigenvalue weighted by Gasteiger charge is 2.28. The Morgan fingerprint density at radius 3 is 2.45 bits per heavy atom. The molecule has 0 unspecified atom stereocenters. The fourth-order valence-corrected chi connectivity index (χ4v) is 4.40. The normalized spacial score (nSPS) is 13.3. The first-order valence-corrected chi connectivity index (χ1v) is 11.5. The molecule has 1 aromatic heterocycles. The van der Waals surface area contributed by atoms with E-state index in [1.54, 1.807) is 0 Å². The lowest BCUT2D eigenvalue weighted by molar-refractivity contribution is 0.0735. The van der Waals surface area contributed by atoms with E-state index in [0.29, 0.717) is 19.5 Å². The number of amides is 1. The number of benzene rings is 3. The highest BCUT2D eigenvalue weighted by Crippen LogP contribution is 2.31. The van der Waals surface area contributed by atoms with Crippen molar-refractivity contribution in [3.8, 4) is 11.4 Å². The number of rotatable bonds is 4. The fourth-order valence-electron chi connectivity index (χ4n) is 4.40. The van der Waals surface area contributed by atoms with Gasteiger partial charge in [0.2, 0.25) is 0 Å². The number of hydrogen-bond donors (Lipinski definition) is 0. The maximum absolute atomic E-state index is 13.6. The number of carbonyl (C=O) groups is 1. The minimum absolute atomic E-state index is 0.0581. The molecule has 1 aliphatic heterocycles. The summed E-state index contributed by atoms with van der Waals surface area (Å²) in [5.41, 5.74) is 3.84. The molecule has 33 heavy (non-hydrogen) atoms. The van der Waals surface area contributed by atoms with Crippen molar-refractivity contribution >= 4 is 22.5 Å². The topological polar surface area (TPSA) is 49.3 Å². The van der Waals surface area contributed by atoms with Crippen LogP contribution < -0.4 is 4.90 Å². The van der Waals surface area contributed by atoms with Crippen molar-refractivity contribution in [1.82, 2.24) is 14.9 Å². The zero-order valence-electron chi connectivity index (χ0n) is 19.3. The van der Waals surface area contributed by atoms with Crippen molar-refractivity contribution in [1.29, 1.82) is 0 Å². The molecule has 0 fully saturated rings. The summed E-state index contributed by atoms with van der Waals surface area (Å²) < 4.78 is 0. The van der Waals surface area contributed by atoms with Gasteiger partial charge in [-0.15, -0.1) is 0 Å². The maximum Gasteiger partial charge on any atom is 0.254 e. The molecular formula is C28H28N4O. The predicted octanol–water partition coefficient (Wildman–Crippen LogP) is 5.34. The van der Waals surface area contributed by atoms with Crippen LogP contribution in [0.15, 0.2) is 72.8 Å². The van der Waals surface area contributed by atoms with E-state index >= 15 is 0 Å². The zero-order chi connectivity index (χ0) is 22.9. The van der Waals surface area contributed by atoms with Crippen LogP contribution in [0.25, 0.3) is 22.2 Å². The van der Waals surface area contributed by atoms with Gasteiger partial charge >= 0.3 is 0 Å². The molecular weight excluding hydrogens is 408 g/mol. The third-order valence-corrected chi connectivity index (χ3v) is 6.49. The van der Waals surface area contributed by atoms with E-state index in [1.165, 1.54) is 0 Å². The van der Waals surface area contributed by atoms with Crippen molar-refractivity contribution in [2.75, 3.05) is 18.5 Å². The third kappa shape index (κ3) is 3.95. The molecule has 1 aliphatic rings. The summed E-state index contributed by atoms with van der Waals surface area (Å²) in [6, 6.07) is 24.4. The van der Waals surface area contributed by atoms with Gasteiger partial charge in [-0.25, -0.2) is 9.97 Å². The van der Waals surface area contributed by atoms with Crippen LogP contribution in [0.4, 0.5) is 5.82 Å². The standard InChI is InChI=1S/C28H28N4O/c1-19(2)31(3)27-24-18-32(28(33)23-15-9-13-20-10-7-8-14-22(20)23)17-16-25(24)29-26(30-27)21-11-5-4-6-12-21/h4-15,19H,16-18H2,1-3H3. The van der Waals surface area contributed by atoms with Gasteiger partial charge < -0.3 is 9.80 Å². The predicted molar refractivity (Wildman–Crippen MR) is 133 cm³/mol. The van der Waals surface area contributed by atoms with Crippen molar-refractivity contribution in [3.05, 3.63) is 89.6 Å². The molecule has 0 radical (unpaired) electrons. The van der Waals surface area contributed by atoms with E-state index in [1.807, 2.05) is 77.7 Å². The van der Waals surface area contributed by atoms with Gasteiger partial charge in [0.1, 0.15) is 5.82 Å². The molecule has 166 valence electrons. The molecule has 0 saturated heterocycles. The van der Waals surface area contributed by atoms with Crippen molar-refractivity contribution in [3.63, 3.8) is 0 Å². The zero-order valence-corrected chi connectivity index (χ0v) is 19.3. The number of anilines is 1. The summed E-state index contributed by atoms with van der Waals surface area (Å²) in [7, 11) is 2.06. The quantitative estimate of drug-likeness (QED) is 0.433. The summed E-state index contributed by atoms with van der Waals surface area (Å²) in [5.74, 6) is 1.71. The van der Waals surface area contributed by atoms with Gasteiger partial charge in [0.05, 0.1) is 12.2 Å². The molecule has 0 atom stereocenters. The van der Waals surface area contributed by atoms with Gasteiger partial charge in [-0.2, -0.15) is 0 Å². The number of aromatic nitrogens is 2. The Kier molecular flexibility index (Phi) is 5.55. The molecule has 2 heterocycles. The Labute approximate surface area is 194 Å². The molecule has 0 aliphatic carbocycles. The summed E-state index contributed by atoms with van der Waals surface area (Å²) in [4.78, 5) is 27.6. The average Bonchev–Trinajstić information content (AvgIpc) is 2.87. The van der Waals surface area contributed by atoms with Crippen LogP contribution >= 0.6 is 0 Å². The van der Waals surface area contributed by atoms with Crippen LogP contribution in [0.3, 0.4) is 0 Å². The average molecular weight is 437 g/mol. The van der Waals surface area contributed by atoms with Crippen LogP contribution in [0.2, 0.25) is 0 Å². The minimum atomic E-state index is 0.0581. The first kappa shape index (κ1) is 21.1. The lowest BCUT2D eigenvalue weighted by Crippen LogP contribution is -2.38. The summed E-state index contributed by atoms with van der Waals surface area (Å²) in [5, 5.41) is 2.07. The first-order valence-electron chi connectivity index (χ1n) is 11.5. The van der Waals surface area contributed by atoms with Crippen LogP contribution in [-0.2, 0) is 13.0 Å². The van der Waals surface area contributed by atoms with Gasteiger partial charge in [0.15, 0.2) is 5.82 Å². The second-order valence-electron chi connectivity index (χ2n) is 8.87. The number of carbonyl (C=O) groups excluding carboxylic acids is 1. The molecule has 5 rings (SSSR count). The van der Waals surface area contributed by atoms with Gasteiger partial charge in [0, 0.05) is 42.7 Å². The highest BCUT2D eigenvalue weighted by atomic mass is 16.2. The lowest BCUT2D eigenvalue weighted by Gasteiger charge is -2.33. The molecule has 0 N–H and O–H groups in total. The highest BCUT2D eigenvalue weighted by molar-refractivity contribution is 6.07. The van der Waals surface area contributed by atoms with Gasteiger partial charge in [-0.1, -0.05) is 66.7 Å². The smallest absolute Gasteiger partial charge is 0.254 e. The summed E-state index contributed by atoms with van der Waals surface area (Å²) >= 11 is 0. The van der Waals surface area contributed by atoms with E-state index in [2.05, 4.69) is 25.8 Å². The Morgan fingerprint density at radius 2 is 1.67 bits per heavy atom. The van der Waals surface area contributed by atoms with Gasteiger partial charge in [-0.05, 0) is 30.7 Å². The second-order valence-corrected chi connectivity index (χ2v) is 8.87. The monoisotopic (exact) mass is 436 g/mol. The Balaban J connectivity index is 1.54. The molecule has 0 saturated carbocycles. The minimum Gasteiger partial charge on any atom is -0.357 e. The van der Waals surface area contributed by atoms with E-state index < -0.39 is 0 Å². The van der Waals surface area contributed by atoms with Crippen LogP contribution in [0, 0.1) is 0 Å². The Hall–Kier alpha value is -3.73. The Morgan fingerprint density at radius 1 is 0.939 bits per heavy atom. The van der Waals surface area contributed by atoms with Gasteiger partial charge in [-0.3, -0.25) is 4.79 Å². The third-order valence-electron chi connectivity index (χ3n) is 6.49. The van der Waals surface area contributed by atoms with Gasteiger partial charge in [0.25, 0.3) is 5.91 Å². The van der Waals surface area contributed by atoms with E-state index in [0.717, 1.165) is 44.8 Å². The molecule has 1 amide bonds. The van der Waals surface area contributed by atoms with E-state index in [-0.39, 0.29) is 11.9 Å². The molecule has 5 heteroatoms. The molecule has 3 aromatic carbocycles.